The summed E-state index contributed by atoms with van der Waals surface area (Å²) < 4.78 is 9.88. The third-order valence-corrected chi connectivity index (χ3v) is 2.38. The zero-order valence-corrected chi connectivity index (χ0v) is 10.6. The molecule has 0 bridgehead atoms. The van der Waals surface area contributed by atoms with Crippen molar-refractivity contribution in [2.45, 2.75) is 6.92 Å². The van der Waals surface area contributed by atoms with E-state index in [1.54, 1.807) is 0 Å². The van der Waals surface area contributed by atoms with Gasteiger partial charge in [-0.2, -0.15) is 0 Å². The summed E-state index contributed by atoms with van der Waals surface area (Å²) in [7, 11) is 2.60. The van der Waals surface area contributed by atoms with Crippen LogP contribution in [0.15, 0.2) is 17.8 Å². The summed E-state index contributed by atoms with van der Waals surface area (Å²) in [6.45, 7) is 1.31. The number of rotatable bonds is 5. The summed E-state index contributed by atoms with van der Waals surface area (Å²) in [4.78, 5) is 20.2. The first-order chi connectivity index (χ1) is 8.90. The van der Waals surface area contributed by atoms with Crippen LogP contribution in [0, 0.1) is 20.2 Å². The number of nitro benzene ring substituents is 1. The summed E-state index contributed by atoms with van der Waals surface area (Å²) in [6, 6.07) is 2.49. The van der Waals surface area contributed by atoms with Crippen molar-refractivity contribution in [3.63, 3.8) is 0 Å². The Bertz CT molecular complexity index is 552. The lowest BCUT2D eigenvalue weighted by Crippen LogP contribution is -1.98. The lowest BCUT2D eigenvalue weighted by Gasteiger charge is -2.08. The first kappa shape index (κ1) is 14.4. The van der Waals surface area contributed by atoms with Gasteiger partial charge in [-0.05, 0) is 6.07 Å². The van der Waals surface area contributed by atoms with Gasteiger partial charge in [-0.15, -0.1) is 0 Å². The molecule has 0 fully saturated rings. The summed E-state index contributed by atoms with van der Waals surface area (Å²) in [6.07, 6.45) is 1.26. The Morgan fingerprint density at radius 2 is 1.74 bits per heavy atom. The molecule has 0 saturated heterocycles. The summed E-state index contributed by atoms with van der Waals surface area (Å²) >= 11 is 0. The monoisotopic (exact) mass is 268 g/mol. The zero-order chi connectivity index (χ0) is 14.6. The molecule has 0 N–H and O–H groups in total. The summed E-state index contributed by atoms with van der Waals surface area (Å²) in [5, 5.41) is 21.4. The lowest BCUT2D eigenvalue weighted by atomic mass is 10.1. The topological polar surface area (TPSA) is 105 Å². The van der Waals surface area contributed by atoms with E-state index in [4.69, 9.17) is 9.47 Å². The maximum atomic E-state index is 10.8. The molecule has 0 amide bonds. The molecular weight excluding hydrogens is 256 g/mol. The van der Waals surface area contributed by atoms with E-state index in [0.717, 1.165) is 6.07 Å². The van der Waals surface area contributed by atoms with E-state index < -0.39 is 9.85 Å². The van der Waals surface area contributed by atoms with Gasteiger partial charge in [0.05, 0.1) is 30.1 Å². The van der Waals surface area contributed by atoms with Crippen LogP contribution in [0.5, 0.6) is 11.5 Å². The third kappa shape index (κ3) is 3.18. The molecule has 0 saturated carbocycles. The zero-order valence-electron chi connectivity index (χ0n) is 10.6. The van der Waals surface area contributed by atoms with Crippen molar-refractivity contribution in [2.75, 3.05) is 14.2 Å². The lowest BCUT2D eigenvalue weighted by molar-refractivity contribution is -0.422. The van der Waals surface area contributed by atoms with E-state index >= 15 is 0 Å². The van der Waals surface area contributed by atoms with Crippen LogP contribution >= 0.6 is 0 Å². The number of nitro groups is 2. The predicted octanol–water partition coefficient (Wildman–Crippen LogP) is 2.25. The van der Waals surface area contributed by atoms with Gasteiger partial charge in [-0.3, -0.25) is 20.2 Å². The molecule has 0 aliphatic carbocycles. The van der Waals surface area contributed by atoms with E-state index in [1.165, 1.54) is 33.3 Å². The van der Waals surface area contributed by atoms with Crippen LogP contribution < -0.4 is 9.47 Å². The van der Waals surface area contributed by atoms with Crippen molar-refractivity contribution in [2.24, 2.45) is 0 Å². The first-order valence-corrected chi connectivity index (χ1v) is 5.13. The van der Waals surface area contributed by atoms with Crippen LogP contribution in [-0.4, -0.2) is 24.1 Å². The highest BCUT2D eigenvalue weighted by Gasteiger charge is 2.19. The van der Waals surface area contributed by atoms with Gasteiger partial charge in [-0.1, -0.05) is 0 Å². The SMILES string of the molecule is COc1cc([N+](=O)[O-])c(OC)cc1/C=C(\C)[N+](=O)[O-]. The van der Waals surface area contributed by atoms with Crippen LogP contribution in [-0.2, 0) is 0 Å². The van der Waals surface area contributed by atoms with E-state index in [-0.39, 0.29) is 22.9 Å². The molecule has 0 unspecified atom stereocenters. The molecule has 0 aromatic heterocycles. The highest BCUT2D eigenvalue weighted by molar-refractivity contribution is 5.66. The van der Waals surface area contributed by atoms with E-state index in [1.807, 2.05) is 0 Å². The second kappa shape index (κ2) is 5.80. The second-order valence-corrected chi connectivity index (χ2v) is 3.57. The van der Waals surface area contributed by atoms with Crippen molar-refractivity contribution in [1.82, 2.24) is 0 Å². The number of benzene rings is 1. The van der Waals surface area contributed by atoms with Crippen molar-refractivity contribution in [1.29, 1.82) is 0 Å². The number of nitrogens with zero attached hydrogens (tertiary/aromatic N) is 2. The molecule has 1 aromatic rings. The molecule has 8 heteroatoms. The Balaban J connectivity index is 3.44. The fraction of sp³-hybridized carbons (Fsp3) is 0.273. The van der Waals surface area contributed by atoms with E-state index in [0.29, 0.717) is 5.56 Å². The van der Waals surface area contributed by atoms with Crippen LogP contribution in [0.1, 0.15) is 12.5 Å². The number of hydrogen-bond donors (Lipinski definition) is 0. The quantitative estimate of drug-likeness (QED) is 0.599. The minimum atomic E-state index is -0.616. The van der Waals surface area contributed by atoms with Crippen LogP contribution in [0.4, 0.5) is 5.69 Å². The second-order valence-electron chi connectivity index (χ2n) is 3.57. The smallest absolute Gasteiger partial charge is 0.314 e. The highest BCUT2D eigenvalue weighted by Crippen LogP contribution is 2.35. The molecule has 0 radical (unpaired) electrons. The Hall–Kier alpha value is -2.64. The third-order valence-electron chi connectivity index (χ3n) is 2.38. The van der Waals surface area contributed by atoms with Gasteiger partial charge in [0.15, 0.2) is 5.75 Å². The Morgan fingerprint density at radius 1 is 1.16 bits per heavy atom. The van der Waals surface area contributed by atoms with Crippen LogP contribution in [0.3, 0.4) is 0 Å². The van der Waals surface area contributed by atoms with Gasteiger partial charge in [0, 0.05) is 18.6 Å². The molecule has 0 aliphatic heterocycles. The maximum Gasteiger partial charge on any atom is 0.314 e. The standard InChI is InChI=1S/C11H12N2O6/c1-7(12(14)15)4-8-5-11(19-3)9(13(16)17)6-10(8)18-2/h4-6H,1-3H3/b7-4+. The van der Waals surface area contributed by atoms with Gasteiger partial charge in [-0.25, -0.2) is 0 Å². The minimum absolute atomic E-state index is 0.00759. The average molecular weight is 268 g/mol. The van der Waals surface area contributed by atoms with E-state index in [2.05, 4.69) is 0 Å². The molecular formula is C11H12N2O6. The molecule has 0 heterocycles. The molecule has 0 atom stereocenters. The highest BCUT2D eigenvalue weighted by atomic mass is 16.6. The van der Waals surface area contributed by atoms with Gasteiger partial charge < -0.3 is 9.47 Å². The van der Waals surface area contributed by atoms with Crippen molar-refractivity contribution < 1.29 is 19.3 Å². The fourth-order valence-electron chi connectivity index (χ4n) is 1.44. The van der Waals surface area contributed by atoms with Crippen molar-refractivity contribution >= 4 is 11.8 Å². The average Bonchev–Trinajstić information content (AvgIpc) is 2.37. The molecule has 19 heavy (non-hydrogen) atoms. The van der Waals surface area contributed by atoms with Crippen molar-refractivity contribution in [3.8, 4) is 11.5 Å². The van der Waals surface area contributed by atoms with E-state index in [9.17, 15) is 20.2 Å². The number of ether oxygens (including phenoxy) is 2. The normalized spacial score (nSPS) is 11.0. The molecule has 1 aromatic carbocycles. The summed E-state index contributed by atoms with van der Waals surface area (Å²) in [5.41, 5.74) is -0.0522. The largest absolute Gasteiger partial charge is 0.496 e. The Kier molecular flexibility index (Phi) is 4.41. The molecule has 0 aliphatic rings. The molecule has 102 valence electrons. The van der Waals surface area contributed by atoms with Crippen LogP contribution in [0.2, 0.25) is 0 Å². The first-order valence-electron chi connectivity index (χ1n) is 5.13. The predicted molar refractivity (Wildman–Crippen MR) is 66.8 cm³/mol. The minimum Gasteiger partial charge on any atom is -0.496 e. The van der Waals surface area contributed by atoms with Crippen molar-refractivity contribution in [3.05, 3.63) is 43.6 Å². The van der Waals surface area contributed by atoms with Gasteiger partial charge in [0.2, 0.25) is 5.70 Å². The Morgan fingerprint density at radius 3 is 2.16 bits per heavy atom. The maximum absolute atomic E-state index is 10.8. The molecule has 8 nitrogen and oxygen atoms in total. The van der Waals surface area contributed by atoms with Gasteiger partial charge in [0.25, 0.3) is 0 Å². The Labute approximate surface area is 108 Å². The van der Waals surface area contributed by atoms with Gasteiger partial charge in [0.1, 0.15) is 5.75 Å². The summed E-state index contributed by atoms with van der Waals surface area (Å²) in [5.74, 6) is 0.168. The fourth-order valence-corrected chi connectivity index (χ4v) is 1.44. The number of allylic oxidation sites excluding steroid dienone is 1. The molecule has 0 spiro atoms. The van der Waals surface area contributed by atoms with Crippen LogP contribution in [0.25, 0.3) is 6.08 Å². The molecule has 1 rings (SSSR count). The number of hydrogen-bond acceptors (Lipinski definition) is 6. The number of methoxy groups -OCH3 is 2. The van der Waals surface area contributed by atoms with Gasteiger partial charge >= 0.3 is 5.69 Å².